The molecule has 75 heavy (non-hydrogen) atoms. The van der Waals surface area contributed by atoms with Gasteiger partial charge in [0.25, 0.3) is 0 Å². The predicted molar refractivity (Wildman–Crippen MR) is 319 cm³/mol. The van der Waals surface area contributed by atoms with Crippen LogP contribution in [0, 0.1) is 0 Å². The Morgan fingerprint density at radius 1 is 0.147 bits per heavy atom. The molecular weight excluding hydrogens is 929 g/mol. The van der Waals surface area contributed by atoms with E-state index in [2.05, 4.69) is 335 Å². The quantitative estimate of drug-likeness (QED) is 0.101. The van der Waals surface area contributed by atoms with Gasteiger partial charge in [-0.15, -0.1) is 11.3 Å². The van der Waals surface area contributed by atoms with Crippen molar-refractivity contribution in [2.45, 2.75) is 0 Å². The molecule has 0 bridgehead atoms. The average Bonchev–Trinajstić information content (AvgIpc) is 3.99. The van der Waals surface area contributed by atoms with Crippen molar-refractivity contribution in [3.05, 3.63) is 315 Å². The Balaban J connectivity index is 0.861. The van der Waals surface area contributed by atoms with Crippen molar-refractivity contribution in [2.24, 2.45) is 0 Å². The summed E-state index contributed by atoms with van der Waals surface area (Å²) in [6.45, 7) is 0. The number of hydrogen-bond acceptors (Lipinski definition) is 5. The first-order valence-electron chi connectivity index (χ1n) is 25.3. The number of thiophene rings is 1. The molecule has 11 aromatic carbocycles. The van der Waals surface area contributed by atoms with Crippen molar-refractivity contribution in [1.29, 1.82) is 0 Å². The lowest BCUT2D eigenvalue weighted by Crippen LogP contribution is -2.13. The van der Waals surface area contributed by atoms with E-state index >= 15 is 0 Å². The second-order valence-electron chi connectivity index (χ2n) is 18.2. The zero-order valence-electron chi connectivity index (χ0n) is 41.2. The molecule has 0 N–H and O–H groups in total. The average molecular weight is 981 g/mol. The maximum atomic E-state index is 2.34. The lowest BCUT2D eigenvalue weighted by Gasteiger charge is -2.29. The molecule has 1 heterocycles. The molecule has 0 fully saturated rings. The van der Waals surface area contributed by atoms with Gasteiger partial charge in [0, 0.05) is 78.0 Å². The van der Waals surface area contributed by atoms with Crippen LogP contribution in [0.2, 0.25) is 0 Å². The van der Waals surface area contributed by atoms with Crippen molar-refractivity contribution >= 4 is 79.6 Å². The smallest absolute Gasteiger partial charge is 0.0463 e. The van der Waals surface area contributed by atoms with Crippen LogP contribution >= 0.6 is 11.3 Å². The van der Waals surface area contributed by atoms with Crippen LogP contribution in [0.4, 0.5) is 68.2 Å². The van der Waals surface area contributed by atoms with E-state index in [1.165, 1.54) is 20.9 Å². The van der Waals surface area contributed by atoms with Gasteiger partial charge in [0.15, 0.2) is 0 Å². The van der Waals surface area contributed by atoms with Gasteiger partial charge in [-0.1, -0.05) is 158 Å². The molecule has 0 aliphatic carbocycles. The molecule has 12 aromatic rings. The fourth-order valence-electron chi connectivity index (χ4n) is 9.81. The molecule has 0 atom stereocenters. The Labute approximate surface area is 444 Å². The van der Waals surface area contributed by atoms with Crippen LogP contribution in [0.3, 0.4) is 0 Å². The summed E-state index contributed by atoms with van der Waals surface area (Å²) in [6.07, 6.45) is 0. The number of anilines is 12. The van der Waals surface area contributed by atoms with Crippen LogP contribution in [0.5, 0.6) is 0 Å². The Hall–Kier alpha value is -9.68. The van der Waals surface area contributed by atoms with Gasteiger partial charge >= 0.3 is 0 Å². The zero-order valence-corrected chi connectivity index (χ0v) is 42.0. The molecule has 0 saturated heterocycles. The van der Waals surface area contributed by atoms with Gasteiger partial charge in [-0.3, -0.25) is 0 Å². The summed E-state index contributed by atoms with van der Waals surface area (Å²) < 4.78 is 0. The van der Waals surface area contributed by atoms with E-state index in [-0.39, 0.29) is 0 Å². The predicted octanol–water partition coefficient (Wildman–Crippen LogP) is 20.6. The highest BCUT2D eigenvalue weighted by molar-refractivity contribution is 7.18. The molecule has 0 radical (unpaired) electrons. The number of rotatable bonds is 15. The normalized spacial score (nSPS) is 10.9. The molecule has 0 amide bonds. The second kappa shape index (κ2) is 21.6. The maximum absolute atomic E-state index is 2.34. The van der Waals surface area contributed by atoms with Crippen molar-refractivity contribution in [3.8, 4) is 32.0 Å². The van der Waals surface area contributed by atoms with Crippen molar-refractivity contribution < 1.29 is 0 Å². The summed E-state index contributed by atoms with van der Waals surface area (Å²) in [4.78, 5) is 11.8. The summed E-state index contributed by atoms with van der Waals surface area (Å²) in [5, 5.41) is 0. The van der Waals surface area contributed by atoms with Crippen molar-refractivity contribution in [2.75, 3.05) is 19.6 Å². The highest BCUT2D eigenvalue weighted by atomic mass is 32.1. The molecule has 0 unspecified atom stereocenters. The molecule has 0 saturated carbocycles. The van der Waals surface area contributed by atoms with Crippen LogP contribution in [-0.4, -0.2) is 0 Å². The lowest BCUT2D eigenvalue weighted by atomic mass is 10.0. The molecule has 12 rings (SSSR count). The van der Waals surface area contributed by atoms with Crippen LogP contribution in [0.25, 0.3) is 32.0 Å². The van der Waals surface area contributed by atoms with Gasteiger partial charge in [-0.2, -0.15) is 0 Å². The third-order valence-electron chi connectivity index (χ3n) is 13.5. The van der Waals surface area contributed by atoms with E-state index in [1.54, 1.807) is 0 Å². The van der Waals surface area contributed by atoms with Crippen LogP contribution < -0.4 is 19.6 Å². The molecule has 0 spiro atoms. The van der Waals surface area contributed by atoms with Gasteiger partial charge in [0.1, 0.15) is 0 Å². The molecule has 0 aliphatic rings. The zero-order chi connectivity index (χ0) is 50.2. The van der Waals surface area contributed by atoms with E-state index in [4.69, 9.17) is 0 Å². The van der Waals surface area contributed by atoms with Gasteiger partial charge in [0.05, 0.1) is 0 Å². The number of hydrogen-bond donors (Lipinski definition) is 0. The molecule has 1 aromatic heterocycles. The molecular formula is C70H52N4S. The van der Waals surface area contributed by atoms with Crippen molar-refractivity contribution in [1.82, 2.24) is 0 Å². The summed E-state index contributed by atoms with van der Waals surface area (Å²) in [7, 11) is 0. The van der Waals surface area contributed by atoms with E-state index < -0.39 is 0 Å². The fourth-order valence-corrected chi connectivity index (χ4v) is 10.8. The van der Waals surface area contributed by atoms with Crippen molar-refractivity contribution in [3.63, 3.8) is 0 Å². The monoisotopic (exact) mass is 980 g/mol. The maximum Gasteiger partial charge on any atom is 0.0463 e. The SMILES string of the molecule is c1ccc(-c2ccc(-c3ccc(N(c4ccccc4)c4ccc(-c5ccc(N(c6ccc(N(c7ccccc7)c7ccccc7)cc6)c6ccc(N(c7ccccc7)c7ccccc7)cc6)cc5)cc4)cc3)s2)cc1. The summed E-state index contributed by atoms with van der Waals surface area (Å²) >= 11 is 1.83. The fraction of sp³-hybridized carbons (Fsp3) is 0. The van der Waals surface area contributed by atoms with Crippen LogP contribution in [0.15, 0.2) is 315 Å². The first kappa shape index (κ1) is 46.4. The summed E-state index contributed by atoms with van der Waals surface area (Å²) in [5.41, 5.74) is 17.7. The molecule has 358 valence electrons. The Morgan fingerprint density at radius 3 is 0.560 bits per heavy atom. The summed E-state index contributed by atoms with van der Waals surface area (Å²) in [5.74, 6) is 0. The molecule has 0 aliphatic heterocycles. The second-order valence-corrected chi connectivity index (χ2v) is 19.3. The number of benzene rings is 11. The van der Waals surface area contributed by atoms with Crippen LogP contribution in [-0.2, 0) is 0 Å². The first-order valence-corrected chi connectivity index (χ1v) is 26.1. The van der Waals surface area contributed by atoms with Gasteiger partial charge in [-0.25, -0.2) is 0 Å². The highest BCUT2D eigenvalue weighted by Gasteiger charge is 2.19. The minimum atomic E-state index is 1.05. The topological polar surface area (TPSA) is 13.0 Å². The van der Waals surface area contributed by atoms with Crippen LogP contribution in [0.1, 0.15) is 0 Å². The van der Waals surface area contributed by atoms with E-state index in [0.29, 0.717) is 0 Å². The molecule has 5 heteroatoms. The Morgan fingerprint density at radius 2 is 0.320 bits per heavy atom. The largest absolute Gasteiger partial charge is 0.311 e. The first-order chi connectivity index (χ1) is 37.2. The highest BCUT2D eigenvalue weighted by Crippen LogP contribution is 2.43. The van der Waals surface area contributed by atoms with E-state index in [0.717, 1.165) is 79.4 Å². The summed E-state index contributed by atoms with van der Waals surface area (Å²) in [6, 6.07) is 112. The Bertz CT molecular complexity index is 3500. The third kappa shape index (κ3) is 10.1. The van der Waals surface area contributed by atoms with Gasteiger partial charge < -0.3 is 19.6 Å². The van der Waals surface area contributed by atoms with E-state index in [9.17, 15) is 0 Å². The lowest BCUT2D eigenvalue weighted by molar-refractivity contribution is 1.24. The minimum Gasteiger partial charge on any atom is -0.311 e. The number of para-hydroxylation sites is 5. The third-order valence-corrected chi connectivity index (χ3v) is 14.6. The van der Waals surface area contributed by atoms with Gasteiger partial charge in [-0.05, 0) is 180 Å². The standard InChI is InChI=1S/C70H52N4S/c1-7-19-55(20-8-1)69-51-52-70(75-69)56-35-41-64(42-36-56)73(61-29-17-6-18-30-61)62-37-31-53(32-38-62)54-33-39-63(40-34-54)74(67-47-43-65(44-48-67)71(57-21-9-2-10-22-57)58-23-11-3-12-24-58)68-49-45-66(46-50-68)72(59-25-13-4-14-26-59)60-27-15-5-16-28-60/h1-52H. The van der Waals surface area contributed by atoms with E-state index in [1.807, 2.05) is 11.3 Å². The minimum absolute atomic E-state index is 1.05. The van der Waals surface area contributed by atoms with Gasteiger partial charge in [0.2, 0.25) is 0 Å². The Kier molecular flexibility index (Phi) is 13.3. The molecule has 4 nitrogen and oxygen atoms in total. The number of nitrogens with zero attached hydrogens (tertiary/aromatic N) is 4.